The molecule has 0 atom stereocenters. The van der Waals surface area contributed by atoms with Gasteiger partial charge in [0.25, 0.3) is 0 Å². The fourth-order valence-electron chi connectivity index (χ4n) is 3.78. The zero-order chi connectivity index (χ0) is 19.1. The zero-order valence-electron chi connectivity index (χ0n) is 15.8. The molecule has 1 aliphatic rings. The number of nitrogens with zero attached hydrogens (tertiary/aromatic N) is 1. The normalized spacial score (nSPS) is 15.1. The third-order valence-electron chi connectivity index (χ3n) is 5.33. The average Bonchev–Trinajstić information content (AvgIpc) is 3.21. The van der Waals surface area contributed by atoms with Gasteiger partial charge in [0.1, 0.15) is 11.8 Å². The number of nitrogens with one attached hydrogen (secondary N) is 1. The number of ether oxygens (including phenoxy) is 1. The Morgan fingerprint density at radius 3 is 2.59 bits per heavy atom. The van der Waals surface area contributed by atoms with Crippen molar-refractivity contribution >= 4 is 11.6 Å². The summed E-state index contributed by atoms with van der Waals surface area (Å²) in [5.74, 6) is 0.581. The maximum Gasteiger partial charge on any atom is 0.235 e. The molecule has 27 heavy (non-hydrogen) atoms. The van der Waals surface area contributed by atoms with E-state index < -0.39 is 5.41 Å². The SMILES string of the molecule is CCCCOc1ccc(NC(=O)C2(c3ccccc3)CCCC2)cc1C#N. The first-order valence-electron chi connectivity index (χ1n) is 9.73. The highest BCUT2D eigenvalue weighted by Crippen LogP contribution is 2.42. The molecule has 0 heterocycles. The van der Waals surface area contributed by atoms with Crippen LogP contribution in [0, 0.1) is 11.3 Å². The van der Waals surface area contributed by atoms with E-state index in [0.29, 0.717) is 23.6 Å². The van der Waals surface area contributed by atoms with Gasteiger partial charge in [-0.05, 0) is 43.0 Å². The topological polar surface area (TPSA) is 62.1 Å². The van der Waals surface area contributed by atoms with E-state index in [9.17, 15) is 10.1 Å². The first-order valence-corrected chi connectivity index (χ1v) is 9.73. The molecule has 1 saturated carbocycles. The minimum Gasteiger partial charge on any atom is -0.492 e. The van der Waals surface area contributed by atoms with Gasteiger partial charge >= 0.3 is 0 Å². The number of anilines is 1. The van der Waals surface area contributed by atoms with Crippen molar-refractivity contribution in [2.24, 2.45) is 0 Å². The van der Waals surface area contributed by atoms with Gasteiger partial charge in [-0.3, -0.25) is 4.79 Å². The number of amides is 1. The number of carbonyl (C=O) groups is 1. The van der Waals surface area contributed by atoms with Gasteiger partial charge in [-0.1, -0.05) is 56.5 Å². The summed E-state index contributed by atoms with van der Waals surface area (Å²) in [6, 6.07) is 17.5. The molecule has 2 aromatic carbocycles. The molecule has 0 unspecified atom stereocenters. The van der Waals surface area contributed by atoms with Gasteiger partial charge in [-0.15, -0.1) is 0 Å². The molecule has 1 fully saturated rings. The summed E-state index contributed by atoms with van der Waals surface area (Å²) in [4.78, 5) is 13.2. The first kappa shape index (κ1) is 19.0. The quantitative estimate of drug-likeness (QED) is 0.690. The molecule has 1 aliphatic carbocycles. The van der Waals surface area contributed by atoms with E-state index in [1.807, 2.05) is 36.4 Å². The monoisotopic (exact) mass is 362 g/mol. The van der Waals surface area contributed by atoms with Crippen LogP contribution in [0.25, 0.3) is 0 Å². The van der Waals surface area contributed by atoms with E-state index in [0.717, 1.165) is 44.1 Å². The Morgan fingerprint density at radius 1 is 1.19 bits per heavy atom. The molecule has 0 saturated heterocycles. The molecule has 2 aromatic rings. The summed E-state index contributed by atoms with van der Waals surface area (Å²) < 4.78 is 5.68. The predicted molar refractivity (Wildman–Crippen MR) is 107 cm³/mol. The molecule has 4 nitrogen and oxygen atoms in total. The number of nitriles is 1. The van der Waals surface area contributed by atoms with Gasteiger partial charge in [-0.2, -0.15) is 5.26 Å². The Morgan fingerprint density at radius 2 is 1.93 bits per heavy atom. The molecule has 0 aliphatic heterocycles. The van der Waals surface area contributed by atoms with E-state index in [1.165, 1.54) is 0 Å². The van der Waals surface area contributed by atoms with Crippen molar-refractivity contribution in [1.29, 1.82) is 5.26 Å². The highest BCUT2D eigenvalue weighted by Gasteiger charge is 2.42. The Bertz CT molecular complexity index is 818. The minimum atomic E-state index is -0.482. The second kappa shape index (κ2) is 8.73. The summed E-state index contributed by atoms with van der Waals surface area (Å²) in [5.41, 5.74) is 1.68. The van der Waals surface area contributed by atoms with Crippen molar-refractivity contribution in [1.82, 2.24) is 0 Å². The predicted octanol–water partition coefficient (Wildman–Crippen LogP) is 5.19. The molecule has 3 rings (SSSR count). The summed E-state index contributed by atoms with van der Waals surface area (Å²) in [6.07, 6.45) is 5.80. The van der Waals surface area contributed by atoms with Crippen LogP contribution in [-0.4, -0.2) is 12.5 Å². The van der Waals surface area contributed by atoms with Crippen LogP contribution < -0.4 is 10.1 Å². The number of rotatable bonds is 7. The van der Waals surface area contributed by atoms with Gasteiger partial charge in [0.15, 0.2) is 0 Å². The Balaban J connectivity index is 1.79. The first-order chi connectivity index (χ1) is 13.2. The molecular formula is C23H26N2O2. The van der Waals surface area contributed by atoms with Crippen molar-refractivity contribution in [3.8, 4) is 11.8 Å². The van der Waals surface area contributed by atoms with E-state index >= 15 is 0 Å². The van der Waals surface area contributed by atoms with Crippen molar-refractivity contribution in [3.63, 3.8) is 0 Å². The Hall–Kier alpha value is -2.80. The maximum absolute atomic E-state index is 13.2. The molecule has 0 aromatic heterocycles. The number of benzene rings is 2. The number of hydrogen-bond donors (Lipinski definition) is 1. The van der Waals surface area contributed by atoms with Crippen LogP contribution in [0.2, 0.25) is 0 Å². The van der Waals surface area contributed by atoms with Crippen molar-refractivity contribution in [3.05, 3.63) is 59.7 Å². The standard InChI is InChI=1S/C23H26N2O2/c1-2-3-15-27-21-12-11-20(16-18(21)17-24)25-22(26)23(13-7-8-14-23)19-9-5-4-6-10-19/h4-6,9-12,16H,2-3,7-8,13-15H2,1H3,(H,25,26). The lowest BCUT2D eigenvalue weighted by Gasteiger charge is -2.28. The van der Waals surface area contributed by atoms with E-state index in [-0.39, 0.29) is 5.91 Å². The van der Waals surface area contributed by atoms with Crippen LogP contribution in [0.3, 0.4) is 0 Å². The van der Waals surface area contributed by atoms with Crippen LogP contribution in [0.15, 0.2) is 48.5 Å². The number of unbranched alkanes of at least 4 members (excludes halogenated alkanes) is 1. The molecule has 0 bridgehead atoms. The van der Waals surface area contributed by atoms with Gasteiger partial charge in [0.2, 0.25) is 5.91 Å². The minimum absolute atomic E-state index is 0.00902. The highest BCUT2D eigenvalue weighted by atomic mass is 16.5. The Labute approximate surface area is 161 Å². The van der Waals surface area contributed by atoms with Crippen molar-refractivity contribution < 1.29 is 9.53 Å². The van der Waals surface area contributed by atoms with Crippen LogP contribution >= 0.6 is 0 Å². The third-order valence-corrected chi connectivity index (χ3v) is 5.33. The fourth-order valence-corrected chi connectivity index (χ4v) is 3.78. The van der Waals surface area contributed by atoms with Gasteiger partial charge in [0.05, 0.1) is 17.6 Å². The smallest absolute Gasteiger partial charge is 0.235 e. The molecule has 0 spiro atoms. The van der Waals surface area contributed by atoms with Crippen molar-refractivity contribution in [2.75, 3.05) is 11.9 Å². The van der Waals surface area contributed by atoms with Crippen LogP contribution in [0.5, 0.6) is 5.75 Å². The third kappa shape index (κ3) is 4.14. The van der Waals surface area contributed by atoms with Crippen LogP contribution in [-0.2, 0) is 10.2 Å². The number of carbonyl (C=O) groups excluding carboxylic acids is 1. The highest BCUT2D eigenvalue weighted by molar-refractivity contribution is 5.99. The summed E-state index contributed by atoms with van der Waals surface area (Å²) in [6.45, 7) is 2.69. The summed E-state index contributed by atoms with van der Waals surface area (Å²) >= 11 is 0. The summed E-state index contributed by atoms with van der Waals surface area (Å²) in [5, 5.41) is 12.5. The summed E-state index contributed by atoms with van der Waals surface area (Å²) in [7, 11) is 0. The van der Waals surface area contributed by atoms with E-state index in [1.54, 1.807) is 12.1 Å². The number of hydrogen-bond acceptors (Lipinski definition) is 3. The lowest BCUT2D eigenvalue weighted by atomic mass is 9.78. The van der Waals surface area contributed by atoms with Crippen molar-refractivity contribution in [2.45, 2.75) is 50.9 Å². The van der Waals surface area contributed by atoms with Gasteiger partial charge in [-0.25, -0.2) is 0 Å². The molecule has 140 valence electrons. The Kier molecular flexibility index (Phi) is 6.13. The van der Waals surface area contributed by atoms with Crippen LogP contribution in [0.1, 0.15) is 56.6 Å². The van der Waals surface area contributed by atoms with Gasteiger partial charge in [0, 0.05) is 5.69 Å². The molecular weight excluding hydrogens is 336 g/mol. The molecule has 0 radical (unpaired) electrons. The average molecular weight is 362 g/mol. The lowest BCUT2D eigenvalue weighted by molar-refractivity contribution is -0.121. The lowest BCUT2D eigenvalue weighted by Crippen LogP contribution is -2.37. The molecule has 4 heteroatoms. The van der Waals surface area contributed by atoms with E-state index in [4.69, 9.17) is 4.74 Å². The van der Waals surface area contributed by atoms with Gasteiger partial charge < -0.3 is 10.1 Å². The second-order valence-corrected chi connectivity index (χ2v) is 7.13. The van der Waals surface area contributed by atoms with E-state index in [2.05, 4.69) is 18.3 Å². The largest absolute Gasteiger partial charge is 0.492 e. The maximum atomic E-state index is 13.2. The second-order valence-electron chi connectivity index (χ2n) is 7.13. The fraction of sp³-hybridized carbons (Fsp3) is 0.391. The molecule has 1 N–H and O–H groups in total. The zero-order valence-corrected chi connectivity index (χ0v) is 15.8. The molecule has 1 amide bonds. The van der Waals surface area contributed by atoms with Crippen LogP contribution in [0.4, 0.5) is 5.69 Å².